The minimum Gasteiger partial charge on any atom is -0.394 e. The molecule has 9 nitrogen and oxygen atoms in total. The van der Waals surface area contributed by atoms with Gasteiger partial charge in [0, 0.05) is 6.42 Å². The molecule has 1 aliphatic heterocycles. The van der Waals surface area contributed by atoms with Crippen LogP contribution in [0.5, 0.6) is 0 Å². The number of rotatable bonds is 5. The molecule has 9 heteroatoms. The molecule has 2 aliphatic rings. The third-order valence-corrected chi connectivity index (χ3v) is 5.79. The molecule has 1 saturated carbocycles. The van der Waals surface area contributed by atoms with Crippen LogP contribution in [0.4, 0.5) is 5.82 Å². The summed E-state index contributed by atoms with van der Waals surface area (Å²) in [5, 5.41) is 29.6. The monoisotopic (exact) mass is 377 g/mol. The fraction of sp³-hybridized carbons (Fsp3) is 0.722. The summed E-state index contributed by atoms with van der Waals surface area (Å²) in [4.78, 5) is 13.2. The molecule has 2 aromatic rings. The van der Waals surface area contributed by atoms with E-state index in [1.54, 1.807) is 4.57 Å². The fourth-order valence-corrected chi connectivity index (χ4v) is 4.20. The van der Waals surface area contributed by atoms with Crippen LogP contribution in [-0.2, 0) is 11.2 Å². The van der Waals surface area contributed by atoms with Crippen LogP contribution in [0.2, 0.25) is 0 Å². The fourth-order valence-electron chi connectivity index (χ4n) is 4.20. The van der Waals surface area contributed by atoms with E-state index in [0.717, 1.165) is 12.8 Å². The lowest BCUT2D eigenvalue weighted by molar-refractivity contribution is -0.0511. The molecule has 0 radical (unpaired) electrons. The minimum atomic E-state index is -1.19. The summed E-state index contributed by atoms with van der Waals surface area (Å²) in [6, 6.07) is 0. The molecule has 0 amide bonds. The first-order valence-electron chi connectivity index (χ1n) is 9.70. The lowest BCUT2D eigenvalue weighted by Gasteiger charge is -2.21. The molecule has 4 atom stereocenters. The highest BCUT2D eigenvalue weighted by molar-refractivity contribution is 5.81. The van der Waals surface area contributed by atoms with E-state index in [2.05, 4.69) is 15.0 Å². The van der Waals surface area contributed by atoms with Crippen LogP contribution in [0.1, 0.15) is 50.6 Å². The van der Waals surface area contributed by atoms with Gasteiger partial charge in [-0.05, 0) is 12.3 Å². The van der Waals surface area contributed by atoms with Gasteiger partial charge in [-0.25, -0.2) is 15.0 Å². The van der Waals surface area contributed by atoms with E-state index < -0.39 is 24.5 Å². The molecule has 2 aromatic heterocycles. The van der Waals surface area contributed by atoms with Gasteiger partial charge in [-0.1, -0.05) is 32.1 Å². The van der Waals surface area contributed by atoms with Crippen molar-refractivity contribution in [1.29, 1.82) is 0 Å². The minimum absolute atomic E-state index is 0.295. The maximum atomic E-state index is 10.3. The second-order valence-electron chi connectivity index (χ2n) is 7.62. The summed E-state index contributed by atoms with van der Waals surface area (Å²) in [5.41, 5.74) is 6.98. The van der Waals surface area contributed by atoms with E-state index >= 15 is 0 Å². The molecule has 27 heavy (non-hydrogen) atoms. The summed E-state index contributed by atoms with van der Waals surface area (Å²) in [6.45, 7) is -0.384. The van der Waals surface area contributed by atoms with Gasteiger partial charge in [0.25, 0.3) is 0 Å². The van der Waals surface area contributed by atoms with Gasteiger partial charge in [0.05, 0.1) is 12.9 Å². The number of nitrogens with two attached hydrogens (primary N) is 1. The Morgan fingerprint density at radius 3 is 2.63 bits per heavy atom. The number of anilines is 1. The van der Waals surface area contributed by atoms with E-state index in [4.69, 9.17) is 10.5 Å². The third kappa shape index (κ3) is 3.52. The van der Waals surface area contributed by atoms with Crippen molar-refractivity contribution in [2.45, 2.75) is 69.5 Å². The first-order chi connectivity index (χ1) is 13.1. The molecule has 0 bridgehead atoms. The molecule has 1 aliphatic carbocycles. The van der Waals surface area contributed by atoms with E-state index in [0.29, 0.717) is 28.7 Å². The summed E-state index contributed by atoms with van der Waals surface area (Å²) < 4.78 is 7.15. The molecule has 4 rings (SSSR count). The van der Waals surface area contributed by atoms with Crippen molar-refractivity contribution in [2.75, 3.05) is 12.3 Å². The van der Waals surface area contributed by atoms with Crippen LogP contribution in [0.3, 0.4) is 0 Å². The zero-order valence-corrected chi connectivity index (χ0v) is 15.2. The van der Waals surface area contributed by atoms with Crippen molar-refractivity contribution in [1.82, 2.24) is 19.5 Å². The van der Waals surface area contributed by atoms with E-state index in [1.165, 1.54) is 38.4 Å². The Balaban J connectivity index is 1.58. The van der Waals surface area contributed by atoms with Crippen molar-refractivity contribution in [3.63, 3.8) is 0 Å². The molecule has 0 unspecified atom stereocenters. The number of hydrogen-bond acceptors (Lipinski definition) is 8. The van der Waals surface area contributed by atoms with Crippen LogP contribution < -0.4 is 5.73 Å². The number of nitrogen functional groups attached to an aromatic ring is 1. The van der Waals surface area contributed by atoms with Gasteiger partial charge in [0.2, 0.25) is 0 Å². The third-order valence-electron chi connectivity index (χ3n) is 5.79. The van der Waals surface area contributed by atoms with Gasteiger partial charge in [0.1, 0.15) is 29.7 Å². The van der Waals surface area contributed by atoms with Crippen molar-refractivity contribution >= 4 is 17.0 Å². The highest BCUT2D eigenvalue weighted by Gasteiger charge is 2.44. The molecule has 2 fully saturated rings. The second-order valence-corrected chi connectivity index (χ2v) is 7.62. The van der Waals surface area contributed by atoms with Crippen LogP contribution in [-0.4, -0.2) is 59.8 Å². The summed E-state index contributed by atoms with van der Waals surface area (Å²) in [5.74, 6) is 1.66. The van der Waals surface area contributed by atoms with Crippen molar-refractivity contribution in [3.8, 4) is 0 Å². The molecule has 1 saturated heterocycles. The summed E-state index contributed by atoms with van der Waals surface area (Å²) in [6.07, 6.45) is 5.58. The molecule has 148 valence electrons. The number of aromatic nitrogens is 4. The Hall–Kier alpha value is -1.81. The highest BCUT2D eigenvalue weighted by Crippen LogP contribution is 2.32. The number of imidazole rings is 1. The Kier molecular flexibility index (Phi) is 5.27. The normalized spacial score (nSPS) is 29.6. The van der Waals surface area contributed by atoms with Crippen molar-refractivity contribution in [2.24, 2.45) is 5.92 Å². The first-order valence-corrected chi connectivity index (χ1v) is 9.70. The van der Waals surface area contributed by atoms with E-state index in [1.807, 2.05) is 0 Å². The Morgan fingerprint density at radius 1 is 1.15 bits per heavy atom. The van der Waals surface area contributed by atoms with Gasteiger partial charge in [0.15, 0.2) is 17.7 Å². The van der Waals surface area contributed by atoms with Crippen molar-refractivity contribution in [3.05, 3.63) is 12.2 Å². The van der Waals surface area contributed by atoms with E-state index in [9.17, 15) is 15.3 Å². The first kappa shape index (κ1) is 18.5. The van der Waals surface area contributed by atoms with Crippen LogP contribution in [0, 0.1) is 5.92 Å². The molecule has 0 aromatic carbocycles. The number of aryl methyl sites for hydroxylation is 1. The number of ether oxygens (including phenoxy) is 1. The number of hydrogen-bond donors (Lipinski definition) is 4. The van der Waals surface area contributed by atoms with Crippen LogP contribution in [0.15, 0.2) is 6.33 Å². The molecule has 3 heterocycles. The zero-order chi connectivity index (χ0) is 19.0. The van der Waals surface area contributed by atoms with Crippen LogP contribution in [0.25, 0.3) is 11.2 Å². The van der Waals surface area contributed by atoms with Gasteiger partial charge in [-0.2, -0.15) is 0 Å². The predicted molar refractivity (Wildman–Crippen MR) is 97.6 cm³/mol. The average molecular weight is 377 g/mol. The summed E-state index contributed by atoms with van der Waals surface area (Å²) in [7, 11) is 0. The maximum Gasteiger partial charge on any atom is 0.167 e. The molecule has 0 spiro atoms. The number of aliphatic hydroxyl groups is 3. The highest BCUT2D eigenvalue weighted by atomic mass is 16.6. The molecule has 5 N–H and O–H groups in total. The van der Waals surface area contributed by atoms with Crippen LogP contribution >= 0.6 is 0 Å². The van der Waals surface area contributed by atoms with Crippen molar-refractivity contribution < 1.29 is 20.1 Å². The van der Waals surface area contributed by atoms with Gasteiger partial charge in [-0.15, -0.1) is 0 Å². The smallest absolute Gasteiger partial charge is 0.167 e. The Bertz CT molecular complexity index is 791. The standard InChI is InChI=1S/C18H27N5O4/c19-16-13-17(22-12(21-16)7-6-10-4-2-1-3-5-10)23(9-20-13)18-15(26)14(25)11(8-24)27-18/h9-11,14-15,18,24-26H,1-8H2,(H2,19,21,22)/t11-,14-,15-,18-/m1/s1. The predicted octanol–water partition coefficient (Wildman–Crippen LogP) is 0.533. The van der Waals surface area contributed by atoms with Gasteiger partial charge < -0.3 is 25.8 Å². The molecular weight excluding hydrogens is 350 g/mol. The lowest BCUT2D eigenvalue weighted by Crippen LogP contribution is -2.33. The number of aliphatic hydroxyl groups excluding tert-OH is 3. The number of fused-ring (bicyclic) bond motifs is 1. The quantitative estimate of drug-likeness (QED) is 0.592. The van der Waals surface area contributed by atoms with Gasteiger partial charge >= 0.3 is 0 Å². The second kappa shape index (κ2) is 7.67. The van der Waals surface area contributed by atoms with E-state index in [-0.39, 0.29) is 6.61 Å². The van der Waals surface area contributed by atoms with Gasteiger partial charge in [-0.3, -0.25) is 4.57 Å². The SMILES string of the molecule is Nc1nc(CCC2CCCCC2)nc2c1ncn2[C@@H]1O[C@H](CO)[C@@H](O)[C@H]1O. The maximum absolute atomic E-state index is 10.3. The number of nitrogens with zero attached hydrogens (tertiary/aromatic N) is 4. The largest absolute Gasteiger partial charge is 0.394 e. The zero-order valence-electron chi connectivity index (χ0n) is 15.2. The average Bonchev–Trinajstić information content (AvgIpc) is 3.23. The topological polar surface area (TPSA) is 140 Å². The lowest BCUT2D eigenvalue weighted by atomic mass is 9.86. The Morgan fingerprint density at radius 2 is 1.93 bits per heavy atom. The summed E-state index contributed by atoms with van der Waals surface area (Å²) >= 11 is 0. The Labute approximate surface area is 157 Å². The molecular formula is C18H27N5O4.